The zero-order chi connectivity index (χ0) is 32.8. The van der Waals surface area contributed by atoms with Crippen molar-refractivity contribution in [3.63, 3.8) is 0 Å². The third kappa shape index (κ3) is 5.03. The monoisotopic (exact) mass is 642 g/mol. The lowest BCUT2D eigenvalue weighted by atomic mass is 9.43. The Morgan fingerprint density at radius 1 is 0.787 bits per heavy atom. The number of ether oxygens (including phenoxy) is 4. The maximum atomic E-state index is 12.7. The first-order chi connectivity index (χ1) is 22.4. The van der Waals surface area contributed by atoms with E-state index < -0.39 is 11.4 Å². The largest absolute Gasteiger partial charge is 0.384 e. The molecule has 0 amide bonds. The third-order valence-corrected chi connectivity index (χ3v) is 15.1. The van der Waals surface area contributed by atoms with E-state index in [-0.39, 0.29) is 34.6 Å². The highest BCUT2D eigenvalue weighted by Gasteiger charge is 2.77. The molecule has 2 aromatic carbocycles. The summed E-state index contributed by atoms with van der Waals surface area (Å²) in [4.78, 5) is 0. The van der Waals surface area contributed by atoms with Crippen LogP contribution in [-0.4, -0.2) is 40.4 Å². The van der Waals surface area contributed by atoms with Crippen molar-refractivity contribution in [3.8, 4) is 0 Å². The maximum absolute atomic E-state index is 12.7. The lowest BCUT2D eigenvalue weighted by molar-refractivity contribution is -0.301. The summed E-state index contributed by atoms with van der Waals surface area (Å²) in [7, 11) is 0. The summed E-state index contributed by atoms with van der Waals surface area (Å²) in [5.74, 6) is 1.63. The summed E-state index contributed by atoms with van der Waals surface area (Å²) in [6.07, 6.45) is 9.16. The molecule has 13 atom stereocenters. The second kappa shape index (κ2) is 11.4. The van der Waals surface area contributed by atoms with Gasteiger partial charge in [-0.3, -0.25) is 0 Å². The van der Waals surface area contributed by atoms with E-state index in [0.717, 1.165) is 32.1 Å². The van der Waals surface area contributed by atoms with Gasteiger partial charge in [-0.05, 0) is 117 Å². The van der Waals surface area contributed by atoms with Crippen LogP contribution in [0.4, 0.5) is 0 Å². The number of aliphatic hydroxyl groups is 1. The molecule has 6 aliphatic rings. The van der Waals surface area contributed by atoms with Gasteiger partial charge in [0.05, 0.1) is 37.1 Å². The van der Waals surface area contributed by atoms with Gasteiger partial charge in [-0.15, -0.1) is 0 Å². The summed E-state index contributed by atoms with van der Waals surface area (Å²) >= 11 is 0. The SMILES string of the molecule is C[C@H]1C[C@]2(O[C@H]3C[C@H]4[C@@H]5CC[C@H]6C[C@H](OCc7ccccc7)CC[C@]6(C)[C@H]5[C@@H](OCc5ccccc5)C[C@]4(C)[C@H]3[C@@]2(C)O)OC1(C)C. The van der Waals surface area contributed by atoms with Gasteiger partial charge in [-0.25, -0.2) is 0 Å². The van der Waals surface area contributed by atoms with Crippen LogP contribution in [0.3, 0.4) is 0 Å². The molecule has 1 N–H and O–H groups in total. The van der Waals surface area contributed by atoms with Crippen LogP contribution >= 0.6 is 0 Å². The number of rotatable bonds is 6. The van der Waals surface area contributed by atoms with Crippen molar-refractivity contribution in [2.45, 2.75) is 141 Å². The third-order valence-electron chi connectivity index (χ3n) is 15.1. The summed E-state index contributed by atoms with van der Waals surface area (Å²) in [6, 6.07) is 21.3. The highest BCUT2D eigenvalue weighted by atomic mass is 16.7. The molecule has 47 heavy (non-hydrogen) atoms. The van der Waals surface area contributed by atoms with Gasteiger partial charge in [0.25, 0.3) is 0 Å². The van der Waals surface area contributed by atoms with Crippen molar-refractivity contribution in [3.05, 3.63) is 71.8 Å². The Morgan fingerprint density at radius 3 is 2.09 bits per heavy atom. The van der Waals surface area contributed by atoms with E-state index in [2.05, 4.69) is 95.3 Å². The van der Waals surface area contributed by atoms with Gasteiger partial charge in [0.15, 0.2) is 5.79 Å². The molecular formula is C42H58O5. The van der Waals surface area contributed by atoms with Gasteiger partial charge in [-0.1, -0.05) is 81.4 Å². The second-order valence-electron chi connectivity index (χ2n) is 17.9. The van der Waals surface area contributed by atoms with E-state index in [4.69, 9.17) is 18.9 Å². The lowest BCUT2D eigenvalue weighted by Crippen LogP contribution is -2.62. The summed E-state index contributed by atoms with van der Waals surface area (Å²) in [5.41, 5.74) is 1.25. The minimum atomic E-state index is -1.06. The summed E-state index contributed by atoms with van der Waals surface area (Å²) < 4.78 is 27.5. The van der Waals surface area contributed by atoms with Crippen molar-refractivity contribution < 1.29 is 24.1 Å². The van der Waals surface area contributed by atoms with Gasteiger partial charge in [0.2, 0.25) is 0 Å². The fourth-order valence-corrected chi connectivity index (χ4v) is 12.5. The lowest BCUT2D eigenvalue weighted by Gasteiger charge is -2.63. The summed E-state index contributed by atoms with van der Waals surface area (Å²) in [6.45, 7) is 15.0. The molecule has 5 heteroatoms. The number of hydrogen-bond donors (Lipinski definition) is 1. The van der Waals surface area contributed by atoms with Crippen LogP contribution in [0.25, 0.3) is 0 Å². The van der Waals surface area contributed by atoms with Crippen molar-refractivity contribution in [1.82, 2.24) is 0 Å². The molecule has 2 aliphatic heterocycles. The predicted octanol–water partition coefficient (Wildman–Crippen LogP) is 8.72. The van der Waals surface area contributed by atoms with E-state index in [1.807, 2.05) is 6.92 Å². The average molecular weight is 643 g/mol. The first-order valence-corrected chi connectivity index (χ1v) is 18.8. The Balaban J connectivity index is 1.08. The van der Waals surface area contributed by atoms with Crippen molar-refractivity contribution in [1.29, 1.82) is 0 Å². The molecule has 1 spiro atoms. The quantitative estimate of drug-likeness (QED) is 0.342. The maximum Gasteiger partial charge on any atom is 0.198 e. The van der Waals surface area contributed by atoms with E-state index in [1.54, 1.807) is 0 Å². The molecular weight excluding hydrogens is 584 g/mol. The summed E-state index contributed by atoms with van der Waals surface area (Å²) in [5, 5.41) is 12.7. The average Bonchev–Trinajstić information content (AvgIpc) is 3.56. The molecule has 0 aromatic heterocycles. The smallest absolute Gasteiger partial charge is 0.198 e. The van der Waals surface area contributed by atoms with Crippen LogP contribution in [0.15, 0.2) is 60.7 Å². The van der Waals surface area contributed by atoms with E-state index in [0.29, 0.717) is 48.9 Å². The van der Waals surface area contributed by atoms with Crippen LogP contribution < -0.4 is 0 Å². The van der Waals surface area contributed by atoms with Crippen LogP contribution in [0.2, 0.25) is 0 Å². The van der Waals surface area contributed by atoms with Crippen molar-refractivity contribution in [2.24, 2.45) is 46.3 Å². The molecule has 0 unspecified atom stereocenters. The Bertz CT molecular complexity index is 1430. The molecule has 0 radical (unpaired) electrons. The highest BCUT2D eigenvalue weighted by molar-refractivity contribution is 5.23. The van der Waals surface area contributed by atoms with Gasteiger partial charge in [0.1, 0.15) is 5.60 Å². The van der Waals surface area contributed by atoms with E-state index in [1.165, 1.54) is 30.4 Å². The van der Waals surface area contributed by atoms with Crippen molar-refractivity contribution in [2.75, 3.05) is 0 Å². The van der Waals surface area contributed by atoms with Crippen LogP contribution in [-0.2, 0) is 32.2 Å². The van der Waals surface area contributed by atoms with Crippen LogP contribution in [0, 0.1) is 46.3 Å². The molecule has 0 bridgehead atoms. The molecule has 2 heterocycles. The Labute approximate surface area is 283 Å². The fourth-order valence-electron chi connectivity index (χ4n) is 12.5. The van der Waals surface area contributed by atoms with Gasteiger partial charge < -0.3 is 24.1 Å². The first-order valence-electron chi connectivity index (χ1n) is 18.8. The Kier molecular flexibility index (Phi) is 7.86. The zero-order valence-electron chi connectivity index (χ0n) is 29.6. The molecule has 4 saturated carbocycles. The fraction of sp³-hybridized carbons (Fsp3) is 0.714. The van der Waals surface area contributed by atoms with E-state index >= 15 is 0 Å². The second-order valence-corrected chi connectivity index (χ2v) is 17.9. The van der Waals surface area contributed by atoms with Gasteiger partial charge in [-0.2, -0.15) is 0 Å². The number of fused-ring (bicyclic) bond motifs is 7. The molecule has 2 aromatic rings. The van der Waals surface area contributed by atoms with Crippen molar-refractivity contribution >= 4 is 0 Å². The zero-order valence-corrected chi connectivity index (χ0v) is 29.6. The molecule has 2 saturated heterocycles. The molecule has 4 aliphatic carbocycles. The van der Waals surface area contributed by atoms with Crippen LogP contribution in [0.1, 0.15) is 104 Å². The Hall–Kier alpha value is -1.76. The van der Waals surface area contributed by atoms with E-state index in [9.17, 15) is 5.11 Å². The minimum Gasteiger partial charge on any atom is -0.384 e. The first kappa shape index (κ1) is 32.4. The highest BCUT2D eigenvalue weighted by Crippen LogP contribution is 2.73. The minimum absolute atomic E-state index is 0.0160. The predicted molar refractivity (Wildman–Crippen MR) is 183 cm³/mol. The normalized spacial score (nSPS) is 48.1. The molecule has 5 nitrogen and oxygen atoms in total. The van der Waals surface area contributed by atoms with Gasteiger partial charge >= 0.3 is 0 Å². The molecule has 6 fully saturated rings. The molecule has 256 valence electrons. The number of hydrogen-bond acceptors (Lipinski definition) is 5. The standard InChI is InChI=1S/C42H58O5/c1-27-23-42(47-38(27,2)3)41(6,43)37-34(46-42)22-33-32-18-17-30-21-31(44-25-28-13-9-7-10-14-28)19-20-39(30,4)36(32)35(24-40(33,37)5)45-26-29-15-11-8-12-16-29/h7-16,27,30-37,43H,17-26H2,1-6H3/t27-,30-,31+,32-,33-,34-,35-,36+,37-,39-,40-,41+,42-/m0/s1. The topological polar surface area (TPSA) is 57.2 Å². The Morgan fingerprint density at radius 2 is 1.45 bits per heavy atom. The van der Waals surface area contributed by atoms with Gasteiger partial charge in [0, 0.05) is 12.3 Å². The molecule has 8 rings (SSSR count). The van der Waals surface area contributed by atoms with Crippen LogP contribution in [0.5, 0.6) is 0 Å². The number of benzene rings is 2.